The van der Waals surface area contributed by atoms with Crippen molar-refractivity contribution in [3.8, 4) is 5.75 Å². The second-order valence-corrected chi connectivity index (χ2v) is 8.52. The van der Waals surface area contributed by atoms with Gasteiger partial charge in [-0.2, -0.15) is 0 Å². The van der Waals surface area contributed by atoms with E-state index in [1.807, 2.05) is 54.5 Å². The molecule has 4 rings (SSSR count). The highest BCUT2D eigenvalue weighted by atomic mass is 32.1. The number of nitrogens with zero attached hydrogens (tertiary/aromatic N) is 2. The SMILES string of the molecule is CCCOc1cccc(C2C(C(=O)c3cccs3)=C([O-])C(=O)N2CCC[n+]2cc[nH]c2)c1. The fourth-order valence-corrected chi connectivity index (χ4v) is 4.54. The molecule has 0 fully saturated rings. The first-order valence-electron chi connectivity index (χ1n) is 10.6. The van der Waals surface area contributed by atoms with E-state index in [1.165, 1.54) is 16.2 Å². The molecule has 0 spiro atoms. The van der Waals surface area contributed by atoms with Crippen LogP contribution in [0.25, 0.3) is 0 Å². The van der Waals surface area contributed by atoms with Crippen LogP contribution in [-0.4, -0.2) is 34.7 Å². The summed E-state index contributed by atoms with van der Waals surface area (Å²) in [6, 6.07) is 10.0. The molecular weight excluding hydrogens is 426 g/mol. The van der Waals surface area contributed by atoms with Crippen LogP contribution < -0.4 is 14.4 Å². The fourth-order valence-electron chi connectivity index (χ4n) is 3.87. The number of thiophene rings is 1. The predicted molar refractivity (Wildman–Crippen MR) is 118 cm³/mol. The lowest BCUT2D eigenvalue weighted by molar-refractivity contribution is -0.695. The van der Waals surface area contributed by atoms with Gasteiger partial charge in [-0.15, -0.1) is 11.3 Å². The molecule has 0 saturated carbocycles. The Kier molecular flexibility index (Phi) is 6.70. The molecule has 1 unspecified atom stereocenters. The van der Waals surface area contributed by atoms with Crippen LogP contribution >= 0.6 is 11.3 Å². The van der Waals surface area contributed by atoms with E-state index in [1.54, 1.807) is 17.5 Å². The van der Waals surface area contributed by atoms with E-state index in [4.69, 9.17) is 4.74 Å². The lowest BCUT2D eigenvalue weighted by Gasteiger charge is -2.27. The Bertz CT molecular complexity index is 1110. The highest BCUT2D eigenvalue weighted by molar-refractivity contribution is 7.12. The third kappa shape index (κ3) is 4.45. The molecule has 7 nitrogen and oxygen atoms in total. The molecule has 0 radical (unpaired) electrons. The lowest BCUT2D eigenvalue weighted by Crippen LogP contribution is -2.37. The topological polar surface area (TPSA) is 89.3 Å². The van der Waals surface area contributed by atoms with E-state index in [9.17, 15) is 14.7 Å². The van der Waals surface area contributed by atoms with Crippen LogP contribution in [0.15, 0.2) is 71.8 Å². The molecule has 0 bridgehead atoms. The van der Waals surface area contributed by atoms with Gasteiger partial charge < -0.3 is 14.7 Å². The average molecular weight is 452 g/mol. The van der Waals surface area contributed by atoms with E-state index in [0.29, 0.717) is 42.3 Å². The second-order valence-electron chi connectivity index (χ2n) is 7.57. The molecule has 166 valence electrons. The minimum Gasteiger partial charge on any atom is -0.868 e. The van der Waals surface area contributed by atoms with Crippen molar-refractivity contribution in [3.63, 3.8) is 0 Å². The van der Waals surface area contributed by atoms with Crippen LogP contribution in [0, 0.1) is 0 Å². The number of aryl methyl sites for hydroxylation is 1. The summed E-state index contributed by atoms with van der Waals surface area (Å²) in [5.74, 6) is -1.08. The van der Waals surface area contributed by atoms with Crippen molar-refractivity contribution in [3.05, 3.63) is 82.3 Å². The minimum absolute atomic E-state index is 0.0133. The number of amides is 1. The summed E-state index contributed by atoms with van der Waals surface area (Å²) in [5.41, 5.74) is 0.714. The van der Waals surface area contributed by atoms with Crippen LogP contribution in [0.3, 0.4) is 0 Å². The second kappa shape index (κ2) is 9.82. The predicted octanol–water partition coefficient (Wildman–Crippen LogP) is 2.62. The monoisotopic (exact) mass is 451 g/mol. The van der Waals surface area contributed by atoms with Crippen LogP contribution in [0.4, 0.5) is 0 Å². The van der Waals surface area contributed by atoms with Crippen molar-refractivity contribution >= 4 is 23.0 Å². The van der Waals surface area contributed by atoms with Crippen LogP contribution in [0.2, 0.25) is 0 Å². The van der Waals surface area contributed by atoms with Crippen LogP contribution in [-0.2, 0) is 11.3 Å². The number of Topliss-reactive ketones (excluding diaryl/α,β-unsaturated/α-hetero) is 1. The first kappa shape index (κ1) is 21.8. The molecular formula is C24H25N3O4S. The zero-order valence-corrected chi connectivity index (χ0v) is 18.6. The van der Waals surface area contributed by atoms with Gasteiger partial charge in [-0.1, -0.05) is 25.1 Å². The molecule has 0 aliphatic carbocycles. The van der Waals surface area contributed by atoms with Crippen molar-refractivity contribution in [1.29, 1.82) is 0 Å². The number of aromatic amines is 1. The van der Waals surface area contributed by atoms with Gasteiger partial charge in [-0.05, 0) is 41.3 Å². The number of H-pyrrole nitrogens is 1. The number of ketones is 1. The molecule has 1 aliphatic heterocycles. The molecule has 2 aromatic heterocycles. The number of benzene rings is 1. The molecule has 1 atom stereocenters. The Hall–Kier alpha value is -3.39. The first-order valence-corrected chi connectivity index (χ1v) is 11.5. The van der Waals surface area contributed by atoms with Gasteiger partial charge in [0.25, 0.3) is 0 Å². The van der Waals surface area contributed by atoms with Crippen molar-refractivity contribution in [1.82, 2.24) is 9.88 Å². The summed E-state index contributed by atoms with van der Waals surface area (Å²) in [4.78, 5) is 31.2. The van der Waals surface area contributed by atoms with Crippen molar-refractivity contribution < 1.29 is 24.0 Å². The van der Waals surface area contributed by atoms with Gasteiger partial charge in [-0.3, -0.25) is 14.6 Å². The van der Waals surface area contributed by atoms with Gasteiger partial charge in [0.2, 0.25) is 18.0 Å². The Morgan fingerprint density at radius 3 is 2.91 bits per heavy atom. The molecule has 1 amide bonds. The van der Waals surface area contributed by atoms with Crippen LogP contribution in [0.1, 0.15) is 41.0 Å². The molecule has 32 heavy (non-hydrogen) atoms. The summed E-state index contributed by atoms with van der Waals surface area (Å²) in [7, 11) is 0. The quantitative estimate of drug-likeness (QED) is 0.379. The number of ether oxygens (including phenoxy) is 1. The fraction of sp³-hybridized carbons (Fsp3) is 0.292. The number of imidazole rings is 1. The van der Waals surface area contributed by atoms with Gasteiger partial charge in [0.1, 0.15) is 18.1 Å². The van der Waals surface area contributed by atoms with E-state index in [0.717, 1.165) is 6.42 Å². The van der Waals surface area contributed by atoms with Crippen molar-refractivity contribution in [2.45, 2.75) is 32.4 Å². The normalized spacial score (nSPS) is 16.1. The molecule has 1 N–H and O–H groups in total. The first-order chi connectivity index (χ1) is 15.6. The number of rotatable bonds is 10. The van der Waals surface area contributed by atoms with E-state index in [2.05, 4.69) is 4.98 Å². The lowest BCUT2D eigenvalue weighted by atomic mass is 9.95. The zero-order chi connectivity index (χ0) is 22.5. The summed E-state index contributed by atoms with van der Waals surface area (Å²) < 4.78 is 7.73. The number of carbonyl (C=O) groups is 2. The Balaban J connectivity index is 1.66. The number of aromatic nitrogens is 2. The van der Waals surface area contributed by atoms with Crippen molar-refractivity contribution in [2.75, 3.05) is 13.2 Å². The number of hydrogen-bond acceptors (Lipinski definition) is 5. The maximum Gasteiger partial charge on any atom is 0.241 e. The molecule has 3 heterocycles. The Labute approximate surface area is 190 Å². The van der Waals surface area contributed by atoms with Crippen LogP contribution in [0.5, 0.6) is 5.75 Å². The van der Waals surface area contributed by atoms with Gasteiger partial charge >= 0.3 is 0 Å². The molecule has 1 aliphatic rings. The smallest absolute Gasteiger partial charge is 0.241 e. The summed E-state index contributed by atoms with van der Waals surface area (Å²) in [6.07, 6.45) is 7.06. The summed E-state index contributed by atoms with van der Waals surface area (Å²) in [6.45, 7) is 3.62. The Morgan fingerprint density at radius 1 is 1.31 bits per heavy atom. The molecule has 0 saturated heterocycles. The van der Waals surface area contributed by atoms with Gasteiger partial charge in [0.05, 0.1) is 24.1 Å². The van der Waals surface area contributed by atoms with E-state index in [-0.39, 0.29) is 11.4 Å². The van der Waals surface area contributed by atoms with Gasteiger partial charge in [0.15, 0.2) is 0 Å². The third-order valence-corrected chi connectivity index (χ3v) is 6.21. The third-order valence-electron chi connectivity index (χ3n) is 5.34. The highest BCUT2D eigenvalue weighted by Gasteiger charge is 2.39. The van der Waals surface area contributed by atoms with Gasteiger partial charge in [0, 0.05) is 18.5 Å². The highest BCUT2D eigenvalue weighted by Crippen LogP contribution is 2.39. The molecule has 3 aromatic rings. The average Bonchev–Trinajstić information content (AvgIpc) is 3.56. The minimum atomic E-state index is -0.731. The van der Waals surface area contributed by atoms with E-state index >= 15 is 0 Å². The number of carbonyl (C=O) groups excluding carboxylic acids is 2. The van der Waals surface area contributed by atoms with Crippen molar-refractivity contribution in [2.24, 2.45) is 0 Å². The number of hydrogen-bond donors (Lipinski definition) is 1. The summed E-state index contributed by atoms with van der Waals surface area (Å²) >= 11 is 1.27. The maximum absolute atomic E-state index is 13.2. The largest absolute Gasteiger partial charge is 0.868 e. The maximum atomic E-state index is 13.2. The van der Waals surface area contributed by atoms with E-state index < -0.39 is 17.7 Å². The summed E-state index contributed by atoms with van der Waals surface area (Å²) in [5, 5.41) is 14.8. The zero-order valence-electron chi connectivity index (χ0n) is 17.8. The molecule has 8 heteroatoms. The van der Waals surface area contributed by atoms with Gasteiger partial charge in [-0.25, -0.2) is 4.57 Å². The Morgan fingerprint density at radius 2 is 2.19 bits per heavy atom. The standard InChI is InChI=1S/C24H25N3O4S/c1-2-13-31-18-7-3-6-17(15-18)21-20(22(28)19-8-4-14-32-19)23(29)24(30)27(21)11-5-10-26-12-9-25-16-26/h3-4,6-9,12,14-16,21H,2,5,10-11,13H2,1H3,(H,28,29). The number of nitrogens with one attached hydrogen (secondary N) is 1. The molecule has 1 aromatic carbocycles.